The van der Waals surface area contributed by atoms with Gasteiger partial charge >= 0.3 is 0 Å². The summed E-state index contributed by atoms with van der Waals surface area (Å²) in [7, 11) is 3.75. The van der Waals surface area contributed by atoms with E-state index in [0.29, 0.717) is 28.7 Å². The van der Waals surface area contributed by atoms with Crippen molar-refractivity contribution in [2.75, 3.05) is 0 Å². The van der Waals surface area contributed by atoms with Crippen LogP contribution in [-0.4, -0.2) is 28.6 Å². The van der Waals surface area contributed by atoms with Gasteiger partial charge in [0, 0.05) is 0 Å². The molecule has 0 spiro atoms. The van der Waals surface area contributed by atoms with Crippen molar-refractivity contribution in [3.8, 4) is 0 Å². The largest absolute Gasteiger partial charge is 0.147 e. The second-order valence-electron chi connectivity index (χ2n) is 19.6. The van der Waals surface area contributed by atoms with Crippen LogP contribution in [0.5, 0.6) is 0 Å². The SMILES string of the molecule is CB(C(C)(C)C(C)BC(C)(C)C(C)(C)C)C(C)(C)C(C)(C)BC(C)(C)C(C)(C)BC(C)(C)C(C)(C)C. The molecule has 0 nitrogen and oxygen atoms in total. The Hall–Kier alpha value is 0.260. The highest BCUT2D eigenvalue weighted by Crippen LogP contribution is 2.66. The maximum absolute atomic E-state index is 2.57. The molecule has 0 amide bonds. The Bertz CT molecular complexity index is 724. The molecule has 4 heteroatoms. The average Bonchev–Trinajstić information content (AvgIpc) is 2.56. The van der Waals surface area contributed by atoms with E-state index < -0.39 is 0 Å². The maximum Gasteiger partial charge on any atom is 0.147 e. The van der Waals surface area contributed by atoms with Crippen molar-refractivity contribution in [1.82, 2.24) is 0 Å². The lowest BCUT2D eigenvalue weighted by molar-refractivity contribution is 0.287. The molecule has 36 heavy (non-hydrogen) atoms. The van der Waals surface area contributed by atoms with Crippen LogP contribution in [0.2, 0.25) is 49.8 Å². The summed E-state index contributed by atoms with van der Waals surface area (Å²) in [5, 5.41) is 1.78. The molecule has 0 heterocycles. The maximum atomic E-state index is 2.57. The van der Waals surface area contributed by atoms with Gasteiger partial charge < -0.3 is 0 Å². The molecule has 0 N–H and O–H groups in total. The van der Waals surface area contributed by atoms with Gasteiger partial charge in [-0.25, -0.2) is 0 Å². The predicted molar refractivity (Wildman–Crippen MR) is 180 cm³/mol. The van der Waals surface area contributed by atoms with E-state index >= 15 is 0 Å². The minimum Gasteiger partial charge on any atom is -0.0853 e. The number of rotatable bonds is 11. The van der Waals surface area contributed by atoms with Crippen molar-refractivity contribution in [2.24, 2.45) is 10.8 Å². The summed E-state index contributed by atoms with van der Waals surface area (Å²) in [6.45, 7) is 55.6. The molecule has 0 aromatic rings. The first-order chi connectivity index (χ1) is 15.2. The van der Waals surface area contributed by atoms with Gasteiger partial charge in [-0.2, -0.15) is 0 Å². The second-order valence-corrected chi connectivity index (χ2v) is 19.6. The third kappa shape index (κ3) is 7.46. The summed E-state index contributed by atoms with van der Waals surface area (Å²) < 4.78 is 0. The molecule has 210 valence electrons. The first-order valence-corrected chi connectivity index (χ1v) is 15.2. The van der Waals surface area contributed by atoms with E-state index in [1.165, 1.54) is 21.8 Å². The second kappa shape index (κ2) is 10.3. The lowest BCUT2D eigenvalue weighted by Gasteiger charge is -2.57. The Morgan fingerprint density at radius 2 is 0.750 bits per heavy atom. The van der Waals surface area contributed by atoms with Gasteiger partial charge in [-0.3, -0.25) is 0 Å². The van der Waals surface area contributed by atoms with E-state index in [4.69, 9.17) is 0 Å². The molecule has 0 aromatic carbocycles. The van der Waals surface area contributed by atoms with Gasteiger partial charge in [-0.1, -0.05) is 195 Å². The number of hydrogen-bond acceptors (Lipinski definition) is 0. The average molecular weight is 498 g/mol. The monoisotopic (exact) mass is 499 g/mol. The van der Waals surface area contributed by atoms with Gasteiger partial charge in [-0.05, 0) is 10.8 Å². The molecular formula is C32H70B4. The molecule has 0 rings (SSSR count). The van der Waals surface area contributed by atoms with E-state index in [1.54, 1.807) is 0 Å². The van der Waals surface area contributed by atoms with Crippen molar-refractivity contribution in [3.05, 3.63) is 0 Å². The van der Waals surface area contributed by atoms with Gasteiger partial charge in [0.25, 0.3) is 0 Å². The van der Waals surface area contributed by atoms with Gasteiger partial charge in [-0.15, -0.1) is 0 Å². The van der Waals surface area contributed by atoms with Gasteiger partial charge in [0.05, 0.1) is 0 Å². The zero-order valence-electron chi connectivity index (χ0n) is 29.8. The van der Waals surface area contributed by atoms with Crippen LogP contribution in [0.3, 0.4) is 0 Å². The highest BCUT2D eigenvalue weighted by molar-refractivity contribution is 6.68. The molecule has 0 aliphatic carbocycles. The van der Waals surface area contributed by atoms with Crippen LogP contribution in [0.15, 0.2) is 0 Å². The third-order valence-electron chi connectivity index (χ3n) is 13.7. The lowest BCUT2D eigenvalue weighted by atomic mass is 9.12. The molecule has 0 aliphatic rings. The van der Waals surface area contributed by atoms with Crippen molar-refractivity contribution in [1.29, 1.82) is 0 Å². The highest BCUT2D eigenvalue weighted by Gasteiger charge is 2.55. The van der Waals surface area contributed by atoms with Crippen LogP contribution in [0, 0.1) is 10.8 Å². The normalized spacial score (nSPS) is 16.5. The first kappa shape index (κ1) is 36.3. The predicted octanol–water partition coefficient (Wildman–Crippen LogP) is 10.9. The van der Waals surface area contributed by atoms with Crippen molar-refractivity contribution in [2.45, 2.75) is 195 Å². The smallest absolute Gasteiger partial charge is 0.0853 e. The van der Waals surface area contributed by atoms with E-state index in [-0.39, 0.29) is 31.9 Å². The van der Waals surface area contributed by atoms with E-state index in [1.807, 2.05) is 0 Å². The molecular weight excluding hydrogens is 428 g/mol. The van der Waals surface area contributed by atoms with Crippen molar-refractivity contribution in [3.63, 3.8) is 0 Å². The van der Waals surface area contributed by atoms with Gasteiger partial charge in [0.1, 0.15) is 28.6 Å². The fourth-order valence-electron chi connectivity index (χ4n) is 6.46. The molecule has 0 fully saturated rings. The van der Waals surface area contributed by atoms with Crippen molar-refractivity contribution >= 4 is 28.6 Å². The lowest BCUT2D eigenvalue weighted by Crippen LogP contribution is -2.49. The van der Waals surface area contributed by atoms with Crippen LogP contribution >= 0.6 is 0 Å². The molecule has 0 saturated heterocycles. The van der Waals surface area contributed by atoms with E-state index in [2.05, 4.69) is 152 Å². The molecule has 0 saturated carbocycles. The molecule has 0 aliphatic heterocycles. The zero-order valence-corrected chi connectivity index (χ0v) is 29.8. The van der Waals surface area contributed by atoms with Crippen LogP contribution in [0.1, 0.15) is 145 Å². The molecule has 0 aromatic heterocycles. The van der Waals surface area contributed by atoms with Crippen LogP contribution in [-0.2, 0) is 0 Å². The minimum absolute atomic E-state index is 0.212. The fraction of sp³-hybridized carbons (Fsp3) is 1.00. The Balaban J connectivity index is 6.07. The van der Waals surface area contributed by atoms with E-state index in [0.717, 1.165) is 0 Å². The first-order valence-electron chi connectivity index (χ1n) is 15.2. The Labute approximate surface area is 234 Å². The summed E-state index contributed by atoms with van der Waals surface area (Å²) in [5.41, 5.74) is 0.608. The Kier molecular flexibility index (Phi) is 10.4. The third-order valence-corrected chi connectivity index (χ3v) is 13.7. The molecule has 1 unspecified atom stereocenters. The standard InChI is InChI=1S/C32H70B4/c1-23(33-27(10,11)24(2,3)4)26(8,9)36(22)32(20,21)31(18,19)35-30(16,17)29(14,15)34-28(12,13)25(5,6)7/h23,33-35H,1-22H3. The van der Waals surface area contributed by atoms with Gasteiger partial charge in [0.15, 0.2) is 0 Å². The number of hydrogen-bond donors (Lipinski definition) is 0. The van der Waals surface area contributed by atoms with Crippen LogP contribution in [0.4, 0.5) is 0 Å². The summed E-state index contributed by atoms with van der Waals surface area (Å²) in [6, 6.07) is 0. The molecule has 0 bridgehead atoms. The fourth-order valence-corrected chi connectivity index (χ4v) is 6.46. The summed E-state index contributed by atoms with van der Waals surface area (Å²) >= 11 is 0. The zero-order chi connectivity index (χ0) is 29.8. The topological polar surface area (TPSA) is 0 Å². The van der Waals surface area contributed by atoms with Crippen molar-refractivity contribution < 1.29 is 0 Å². The summed E-state index contributed by atoms with van der Waals surface area (Å²) in [6.07, 6.45) is 0. The summed E-state index contributed by atoms with van der Waals surface area (Å²) in [4.78, 5) is 0. The highest BCUT2D eigenvalue weighted by atomic mass is 14.4. The quantitative estimate of drug-likeness (QED) is 0.249. The summed E-state index contributed by atoms with van der Waals surface area (Å²) in [5.74, 6) is 0.661. The van der Waals surface area contributed by atoms with Crippen LogP contribution in [0.25, 0.3) is 0 Å². The van der Waals surface area contributed by atoms with Crippen LogP contribution < -0.4 is 0 Å². The minimum atomic E-state index is 0.212. The van der Waals surface area contributed by atoms with Gasteiger partial charge in [0.2, 0.25) is 0 Å². The Morgan fingerprint density at radius 3 is 1.06 bits per heavy atom. The van der Waals surface area contributed by atoms with E-state index in [9.17, 15) is 0 Å². The Morgan fingerprint density at radius 1 is 0.444 bits per heavy atom. The molecule has 1 atom stereocenters. The molecule has 0 radical (unpaired) electrons.